The van der Waals surface area contributed by atoms with Gasteiger partial charge in [-0.3, -0.25) is 4.79 Å². The molecule has 29 heavy (non-hydrogen) atoms. The van der Waals surface area contributed by atoms with E-state index in [9.17, 15) is 21.6 Å². The Morgan fingerprint density at radius 1 is 1.14 bits per heavy atom. The fourth-order valence-corrected chi connectivity index (χ4v) is 6.66. The maximum absolute atomic E-state index is 13.0. The van der Waals surface area contributed by atoms with Crippen molar-refractivity contribution in [2.24, 2.45) is 5.92 Å². The van der Waals surface area contributed by atoms with E-state index in [2.05, 4.69) is 0 Å². The molecule has 8 nitrogen and oxygen atoms in total. The highest BCUT2D eigenvalue weighted by molar-refractivity contribution is 7.89. The van der Waals surface area contributed by atoms with Gasteiger partial charge in [-0.2, -0.15) is 8.61 Å². The van der Waals surface area contributed by atoms with Crippen LogP contribution in [0, 0.1) is 5.92 Å². The van der Waals surface area contributed by atoms with Crippen LogP contribution >= 0.6 is 0 Å². The maximum atomic E-state index is 13.0. The van der Waals surface area contributed by atoms with E-state index in [0.717, 1.165) is 0 Å². The highest BCUT2D eigenvalue weighted by Gasteiger charge is 2.34. The molecule has 1 aliphatic heterocycles. The summed E-state index contributed by atoms with van der Waals surface area (Å²) in [5.41, 5.74) is 0. The lowest BCUT2D eigenvalue weighted by Crippen LogP contribution is -2.42. The van der Waals surface area contributed by atoms with Crippen molar-refractivity contribution >= 4 is 26.0 Å². The Bertz CT molecular complexity index is 911. The second-order valence-electron chi connectivity index (χ2n) is 7.23. The molecular weight excluding hydrogens is 416 g/mol. The Morgan fingerprint density at radius 3 is 2.24 bits per heavy atom. The van der Waals surface area contributed by atoms with Gasteiger partial charge in [0.15, 0.2) is 0 Å². The molecule has 0 spiro atoms. The molecule has 0 radical (unpaired) electrons. The topological polar surface area (TPSA) is 101 Å². The van der Waals surface area contributed by atoms with Gasteiger partial charge in [-0.25, -0.2) is 16.8 Å². The fraction of sp³-hybridized carbons (Fsp3) is 0.632. The standard InChI is InChI=1S/C19H30N2O6S2/c1-5-21(15(3)4)29(25,26)18-11-9-17(10-12-18)28(23,24)20-13-7-8-16(14-20)19(22)27-6-2/h9-12,15-16H,5-8,13-14H2,1-4H3/t16-/m1/s1. The number of rotatable bonds is 8. The average molecular weight is 447 g/mol. The summed E-state index contributed by atoms with van der Waals surface area (Å²) in [5.74, 6) is -0.871. The van der Waals surface area contributed by atoms with Gasteiger partial charge in [0.2, 0.25) is 20.0 Å². The molecule has 1 heterocycles. The minimum Gasteiger partial charge on any atom is -0.466 e. The predicted octanol–water partition coefficient (Wildman–Crippen LogP) is 2.07. The molecule has 1 aliphatic rings. The Labute approximate surface area is 173 Å². The first kappa shape index (κ1) is 23.8. The Kier molecular flexibility index (Phi) is 7.83. The van der Waals surface area contributed by atoms with Gasteiger partial charge >= 0.3 is 5.97 Å². The van der Waals surface area contributed by atoms with Crippen LogP contribution in [0.1, 0.15) is 40.5 Å². The fourth-order valence-electron chi connectivity index (χ4n) is 3.49. The second kappa shape index (κ2) is 9.55. The molecule has 0 saturated carbocycles. The first-order valence-electron chi connectivity index (χ1n) is 9.84. The lowest BCUT2D eigenvalue weighted by molar-refractivity contribution is -0.149. The van der Waals surface area contributed by atoms with Crippen molar-refractivity contribution < 1.29 is 26.4 Å². The van der Waals surface area contributed by atoms with Gasteiger partial charge in [-0.05, 0) is 57.9 Å². The molecule has 164 valence electrons. The molecule has 0 bridgehead atoms. The summed E-state index contributed by atoms with van der Waals surface area (Å²) in [6.45, 7) is 8.00. The molecule has 0 amide bonds. The molecule has 10 heteroatoms. The van der Waals surface area contributed by atoms with Gasteiger partial charge in [0.25, 0.3) is 0 Å². The molecular formula is C19H30N2O6S2. The smallest absolute Gasteiger partial charge is 0.310 e. The van der Waals surface area contributed by atoms with Gasteiger partial charge < -0.3 is 4.74 Å². The number of piperidine rings is 1. The van der Waals surface area contributed by atoms with E-state index >= 15 is 0 Å². The van der Waals surface area contributed by atoms with E-state index in [1.807, 2.05) is 0 Å². The first-order valence-corrected chi connectivity index (χ1v) is 12.7. The molecule has 0 aliphatic carbocycles. The molecule has 1 saturated heterocycles. The zero-order valence-corrected chi connectivity index (χ0v) is 19.0. The van der Waals surface area contributed by atoms with Crippen molar-refractivity contribution in [3.05, 3.63) is 24.3 Å². The number of hydrogen-bond donors (Lipinski definition) is 0. The minimum atomic E-state index is -3.83. The zero-order chi connectivity index (χ0) is 21.8. The number of carbonyl (C=O) groups is 1. The van der Waals surface area contributed by atoms with E-state index in [-0.39, 0.29) is 35.0 Å². The highest BCUT2D eigenvalue weighted by atomic mass is 32.2. The number of ether oxygens (including phenoxy) is 1. The summed E-state index contributed by atoms with van der Waals surface area (Å²) in [4.78, 5) is 12.1. The molecule has 1 aromatic carbocycles. The van der Waals surface area contributed by atoms with Crippen molar-refractivity contribution in [2.45, 2.75) is 56.4 Å². The van der Waals surface area contributed by atoms with Crippen LogP contribution in [-0.4, -0.2) is 63.7 Å². The van der Waals surface area contributed by atoms with Crippen LogP contribution in [0.5, 0.6) is 0 Å². The van der Waals surface area contributed by atoms with Gasteiger partial charge in [0.05, 0.1) is 22.3 Å². The average Bonchev–Trinajstić information content (AvgIpc) is 2.68. The molecule has 0 N–H and O–H groups in total. The summed E-state index contributed by atoms with van der Waals surface area (Å²) in [5, 5.41) is 0. The van der Waals surface area contributed by atoms with Crippen LogP contribution in [-0.2, 0) is 29.6 Å². The van der Waals surface area contributed by atoms with E-state index in [1.54, 1.807) is 27.7 Å². The van der Waals surface area contributed by atoms with Crippen molar-refractivity contribution in [3.63, 3.8) is 0 Å². The van der Waals surface area contributed by atoms with Crippen molar-refractivity contribution in [1.29, 1.82) is 0 Å². The molecule has 1 fully saturated rings. The van der Waals surface area contributed by atoms with Crippen LogP contribution < -0.4 is 0 Å². The number of esters is 1. The second-order valence-corrected chi connectivity index (χ2v) is 11.1. The quantitative estimate of drug-likeness (QED) is 0.567. The monoisotopic (exact) mass is 446 g/mol. The van der Waals surface area contributed by atoms with Crippen LogP contribution in [0.25, 0.3) is 0 Å². The van der Waals surface area contributed by atoms with Crippen molar-refractivity contribution in [3.8, 4) is 0 Å². The number of benzene rings is 1. The van der Waals surface area contributed by atoms with Crippen LogP contribution in [0.3, 0.4) is 0 Å². The number of hydrogen-bond acceptors (Lipinski definition) is 6. The third-order valence-corrected chi connectivity index (χ3v) is 9.00. The number of carbonyl (C=O) groups excluding carboxylic acids is 1. The maximum Gasteiger partial charge on any atom is 0.310 e. The van der Waals surface area contributed by atoms with Crippen molar-refractivity contribution in [2.75, 3.05) is 26.2 Å². The Balaban J connectivity index is 2.25. The molecule has 0 unspecified atom stereocenters. The van der Waals surface area contributed by atoms with Gasteiger partial charge in [0, 0.05) is 25.7 Å². The van der Waals surface area contributed by atoms with Crippen LogP contribution in [0.4, 0.5) is 0 Å². The number of sulfonamides is 2. The van der Waals surface area contributed by atoms with Crippen molar-refractivity contribution in [1.82, 2.24) is 8.61 Å². The summed E-state index contributed by atoms with van der Waals surface area (Å²) in [6.07, 6.45) is 1.15. The van der Waals surface area contributed by atoms with Gasteiger partial charge in [0.1, 0.15) is 0 Å². The van der Waals surface area contributed by atoms with Crippen LogP contribution in [0.2, 0.25) is 0 Å². The Morgan fingerprint density at radius 2 is 1.72 bits per heavy atom. The summed E-state index contributed by atoms with van der Waals surface area (Å²) < 4.78 is 59.1. The third-order valence-electron chi connectivity index (χ3n) is 4.96. The largest absolute Gasteiger partial charge is 0.466 e. The molecule has 0 aromatic heterocycles. The lowest BCUT2D eigenvalue weighted by Gasteiger charge is -2.30. The molecule has 1 atom stereocenters. The minimum absolute atomic E-state index is 0.00792. The first-order chi connectivity index (χ1) is 13.6. The zero-order valence-electron chi connectivity index (χ0n) is 17.4. The van der Waals surface area contributed by atoms with E-state index in [1.165, 1.54) is 32.9 Å². The third kappa shape index (κ3) is 5.17. The molecule has 2 rings (SSSR count). The summed E-state index contributed by atoms with van der Waals surface area (Å²) >= 11 is 0. The SMILES string of the molecule is CCOC(=O)[C@@H]1CCCN(S(=O)(=O)c2ccc(S(=O)(=O)N(CC)C(C)C)cc2)C1. The molecule has 1 aromatic rings. The Hall–Kier alpha value is -1.49. The van der Waals surface area contributed by atoms with E-state index < -0.39 is 26.0 Å². The van der Waals surface area contributed by atoms with Gasteiger partial charge in [-0.1, -0.05) is 6.92 Å². The normalized spacial score (nSPS) is 18.9. The lowest BCUT2D eigenvalue weighted by atomic mass is 10.0. The van der Waals surface area contributed by atoms with E-state index in [0.29, 0.717) is 25.9 Å². The van der Waals surface area contributed by atoms with Gasteiger partial charge in [-0.15, -0.1) is 0 Å². The number of nitrogens with zero attached hydrogens (tertiary/aromatic N) is 2. The predicted molar refractivity (Wildman–Crippen MR) is 109 cm³/mol. The van der Waals surface area contributed by atoms with E-state index in [4.69, 9.17) is 4.74 Å². The van der Waals surface area contributed by atoms with Crippen LogP contribution in [0.15, 0.2) is 34.1 Å². The summed E-state index contributed by atoms with van der Waals surface area (Å²) in [7, 11) is -7.53. The highest BCUT2D eigenvalue weighted by Crippen LogP contribution is 2.26. The summed E-state index contributed by atoms with van der Waals surface area (Å²) in [6, 6.07) is 5.05.